The van der Waals surface area contributed by atoms with Gasteiger partial charge in [0.15, 0.2) is 5.88 Å². The summed E-state index contributed by atoms with van der Waals surface area (Å²) in [6.07, 6.45) is 3.87. The van der Waals surface area contributed by atoms with Gasteiger partial charge in [-0.15, -0.1) is 0 Å². The third-order valence-electron chi connectivity index (χ3n) is 4.92. The summed E-state index contributed by atoms with van der Waals surface area (Å²) in [6, 6.07) is 14.2. The van der Waals surface area contributed by atoms with Crippen LogP contribution in [0.1, 0.15) is 19.3 Å². The SMILES string of the molecule is Fc1ccc(-n2c(OCCN3CCCCC3)cc3ccc(Cl)cc32)cc1. The van der Waals surface area contributed by atoms with Gasteiger partial charge >= 0.3 is 0 Å². The molecule has 26 heavy (non-hydrogen) atoms. The Morgan fingerprint density at radius 1 is 0.962 bits per heavy atom. The molecule has 0 unspecified atom stereocenters. The van der Waals surface area contributed by atoms with E-state index in [2.05, 4.69) is 4.90 Å². The van der Waals surface area contributed by atoms with Gasteiger partial charge in [-0.1, -0.05) is 24.1 Å². The van der Waals surface area contributed by atoms with E-state index in [0.717, 1.165) is 42.1 Å². The van der Waals surface area contributed by atoms with Gasteiger partial charge in [-0.25, -0.2) is 4.39 Å². The fraction of sp³-hybridized carbons (Fsp3) is 0.333. The first-order chi connectivity index (χ1) is 12.7. The van der Waals surface area contributed by atoms with Crippen molar-refractivity contribution in [3.8, 4) is 11.6 Å². The van der Waals surface area contributed by atoms with Crippen LogP contribution in [-0.2, 0) is 0 Å². The lowest BCUT2D eigenvalue weighted by molar-refractivity contribution is 0.179. The van der Waals surface area contributed by atoms with Crippen molar-refractivity contribution in [2.75, 3.05) is 26.2 Å². The predicted molar refractivity (Wildman–Crippen MR) is 104 cm³/mol. The first-order valence-electron chi connectivity index (χ1n) is 9.13. The van der Waals surface area contributed by atoms with E-state index >= 15 is 0 Å². The molecule has 1 saturated heterocycles. The van der Waals surface area contributed by atoms with Gasteiger partial charge in [0.05, 0.1) is 5.52 Å². The van der Waals surface area contributed by atoms with Gasteiger partial charge in [-0.2, -0.15) is 0 Å². The molecule has 1 aliphatic heterocycles. The van der Waals surface area contributed by atoms with E-state index < -0.39 is 0 Å². The van der Waals surface area contributed by atoms with Crippen LogP contribution in [0.25, 0.3) is 16.6 Å². The lowest BCUT2D eigenvalue weighted by Crippen LogP contribution is -2.33. The second-order valence-corrected chi connectivity index (χ2v) is 7.18. The van der Waals surface area contributed by atoms with E-state index in [0.29, 0.717) is 11.6 Å². The van der Waals surface area contributed by atoms with Crippen LogP contribution in [0.3, 0.4) is 0 Å². The largest absolute Gasteiger partial charge is 0.477 e. The summed E-state index contributed by atoms with van der Waals surface area (Å²) in [4.78, 5) is 2.45. The summed E-state index contributed by atoms with van der Waals surface area (Å²) in [7, 11) is 0. The molecule has 2 aromatic carbocycles. The normalized spacial score (nSPS) is 15.5. The molecule has 136 valence electrons. The van der Waals surface area contributed by atoms with E-state index in [-0.39, 0.29) is 5.82 Å². The van der Waals surface area contributed by atoms with Gasteiger partial charge in [0.2, 0.25) is 0 Å². The Balaban J connectivity index is 1.62. The van der Waals surface area contributed by atoms with E-state index in [1.165, 1.54) is 31.4 Å². The number of hydrogen-bond donors (Lipinski definition) is 0. The third-order valence-corrected chi connectivity index (χ3v) is 5.16. The number of benzene rings is 2. The molecule has 0 radical (unpaired) electrons. The van der Waals surface area contributed by atoms with Gasteiger partial charge < -0.3 is 4.74 Å². The summed E-state index contributed by atoms with van der Waals surface area (Å²) >= 11 is 6.20. The standard InChI is InChI=1S/C21H22ClFN2O/c22-17-5-4-16-14-21(26-13-12-24-10-2-1-3-11-24)25(20(16)15-17)19-8-6-18(23)7-9-19/h4-9,14-15H,1-3,10-13H2. The highest BCUT2D eigenvalue weighted by atomic mass is 35.5. The summed E-state index contributed by atoms with van der Waals surface area (Å²) in [6.45, 7) is 3.86. The Labute approximate surface area is 157 Å². The fourth-order valence-electron chi connectivity index (χ4n) is 3.57. The Bertz CT molecular complexity index is 885. The van der Waals surface area contributed by atoms with Gasteiger partial charge in [0, 0.05) is 28.7 Å². The number of rotatable bonds is 5. The van der Waals surface area contributed by atoms with E-state index in [4.69, 9.17) is 16.3 Å². The van der Waals surface area contributed by atoms with E-state index in [1.807, 2.05) is 28.8 Å². The van der Waals surface area contributed by atoms with Gasteiger partial charge in [-0.05, 0) is 62.3 Å². The molecular formula is C21H22ClFN2O. The molecule has 0 saturated carbocycles. The minimum atomic E-state index is -0.254. The Morgan fingerprint density at radius 2 is 1.73 bits per heavy atom. The molecule has 0 bridgehead atoms. The number of hydrogen-bond acceptors (Lipinski definition) is 2. The van der Waals surface area contributed by atoms with Crippen LogP contribution < -0.4 is 4.74 Å². The minimum Gasteiger partial charge on any atom is -0.477 e. The highest BCUT2D eigenvalue weighted by Gasteiger charge is 2.14. The number of piperidine rings is 1. The number of likely N-dealkylation sites (tertiary alicyclic amines) is 1. The Kier molecular flexibility index (Phi) is 5.14. The van der Waals surface area contributed by atoms with Gasteiger partial charge in [0.25, 0.3) is 0 Å². The molecule has 0 aliphatic carbocycles. The summed E-state index contributed by atoms with van der Waals surface area (Å²) in [5, 5.41) is 1.71. The van der Waals surface area contributed by atoms with Crippen molar-refractivity contribution in [3.63, 3.8) is 0 Å². The average Bonchev–Trinajstić information content (AvgIpc) is 3.01. The third kappa shape index (κ3) is 3.71. The van der Waals surface area contributed by atoms with Crippen molar-refractivity contribution in [3.05, 3.63) is 59.4 Å². The highest BCUT2D eigenvalue weighted by molar-refractivity contribution is 6.31. The maximum Gasteiger partial charge on any atom is 0.199 e. The molecule has 0 amide bonds. The number of ether oxygens (including phenoxy) is 1. The van der Waals surface area contributed by atoms with Crippen molar-refractivity contribution in [2.45, 2.75) is 19.3 Å². The van der Waals surface area contributed by atoms with Crippen molar-refractivity contribution in [1.82, 2.24) is 9.47 Å². The quantitative estimate of drug-likeness (QED) is 0.605. The van der Waals surface area contributed by atoms with Crippen molar-refractivity contribution in [2.24, 2.45) is 0 Å². The first-order valence-corrected chi connectivity index (χ1v) is 9.50. The molecule has 2 heterocycles. The molecule has 3 nitrogen and oxygen atoms in total. The lowest BCUT2D eigenvalue weighted by atomic mass is 10.1. The molecule has 1 fully saturated rings. The molecule has 0 spiro atoms. The zero-order valence-electron chi connectivity index (χ0n) is 14.6. The maximum absolute atomic E-state index is 13.3. The Morgan fingerprint density at radius 3 is 2.50 bits per heavy atom. The summed E-state index contributed by atoms with van der Waals surface area (Å²) in [5.74, 6) is 0.502. The molecule has 4 rings (SSSR count). The smallest absolute Gasteiger partial charge is 0.199 e. The van der Waals surface area contributed by atoms with Gasteiger partial charge in [0.1, 0.15) is 12.4 Å². The fourth-order valence-corrected chi connectivity index (χ4v) is 3.74. The van der Waals surface area contributed by atoms with Crippen LogP contribution in [0.15, 0.2) is 48.5 Å². The summed E-state index contributed by atoms with van der Waals surface area (Å²) in [5.41, 5.74) is 1.81. The molecule has 0 atom stereocenters. The monoisotopic (exact) mass is 372 g/mol. The van der Waals surface area contributed by atoms with E-state index in [9.17, 15) is 4.39 Å². The molecule has 0 N–H and O–H groups in total. The van der Waals surface area contributed by atoms with Crippen LogP contribution in [0.2, 0.25) is 5.02 Å². The zero-order valence-corrected chi connectivity index (χ0v) is 15.4. The summed E-state index contributed by atoms with van der Waals surface area (Å²) < 4.78 is 21.5. The molecule has 3 aromatic rings. The maximum atomic E-state index is 13.3. The Hall–Kier alpha value is -2.04. The molecule has 5 heteroatoms. The zero-order chi connectivity index (χ0) is 17.9. The van der Waals surface area contributed by atoms with Crippen LogP contribution in [0.5, 0.6) is 5.88 Å². The van der Waals surface area contributed by atoms with Gasteiger partial charge in [-0.3, -0.25) is 9.47 Å². The number of nitrogens with zero attached hydrogens (tertiary/aromatic N) is 2. The van der Waals surface area contributed by atoms with Crippen molar-refractivity contribution >= 4 is 22.5 Å². The van der Waals surface area contributed by atoms with Crippen molar-refractivity contribution in [1.29, 1.82) is 0 Å². The van der Waals surface area contributed by atoms with Crippen LogP contribution >= 0.6 is 11.6 Å². The van der Waals surface area contributed by atoms with Crippen molar-refractivity contribution < 1.29 is 9.13 Å². The van der Waals surface area contributed by atoms with Crippen LogP contribution in [0.4, 0.5) is 4.39 Å². The topological polar surface area (TPSA) is 17.4 Å². The second-order valence-electron chi connectivity index (χ2n) is 6.75. The predicted octanol–water partition coefficient (Wildman–Crippen LogP) is 5.29. The lowest BCUT2D eigenvalue weighted by Gasteiger charge is -2.26. The first kappa shape index (κ1) is 17.4. The molecule has 1 aliphatic rings. The molecule has 1 aromatic heterocycles. The van der Waals surface area contributed by atoms with E-state index in [1.54, 1.807) is 12.1 Å². The number of fused-ring (bicyclic) bond motifs is 1. The number of aromatic nitrogens is 1. The average molecular weight is 373 g/mol. The molecular weight excluding hydrogens is 351 g/mol. The van der Waals surface area contributed by atoms with Crippen LogP contribution in [0, 0.1) is 5.82 Å². The highest BCUT2D eigenvalue weighted by Crippen LogP contribution is 2.31. The van der Waals surface area contributed by atoms with Crippen LogP contribution in [-0.4, -0.2) is 35.7 Å². The second kappa shape index (κ2) is 7.68. The minimum absolute atomic E-state index is 0.254. The number of halogens is 2.